The van der Waals surface area contributed by atoms with Gasteiger partial charge in [0.15, 0.2) is 0 Å². The summed E-state index contributed by atoms with van der Waals surface area (Å²) in [5.41, 5.74) is 0.930. The smallest absolute Gasteiger partial charge is 0.410 e. The molecule has 1 fully saturated rings. The Bertz CT molecular complexity index is 505. The van der Waals surface area contributed by atoms with Crippen molar-refractivity contribution in [3.63, 3.8) is 0 Å². The molecule has 1 aromatic rings. The van der Waals surface area contributed by atoms with Gasteiger partial charge in [0.1, 0.15) is 6.61 Å². The van der Waals surface area contributed by atoms with Crippen molar-refractivity contribution in [2.24, 2.45) is 5.92 Å². The van der Waals surface area contributed by atoms with E-state index in [-0.39, 0.29) is 31.1 Å². The summed E-state index contributed by atoms with van der Waals surface area (Å²) in [6, 6.07) is 9.47. The highest BCUT2D eigenvalue weighted by molar-refractivity contribution is 5.68. The molecule has 2 rings (SSSR count). The van der Waals surface area contributed by atoms with Crippen LogP contribution in [0, 0.1) is 5.92 Å². The molecular weight excluding hydrogens is 286 g/mol. The minimum atomic E-state index is -0.861. The van der Waals surface area contributed by atoms with E-state index in [1.54, 1.807) is 4.90 Å². The molecule has 2 atom stereocenters. The van der Waals surface area contributed by atoms with Crippen molar-refractivity contribution >= 4 is 12.1 Å². The van der Waals surface area contributed by atoms with Crippen molar-refractivity contribution in [3.05, 3.63) is 35.9 Å². The van der Waals surface area contributed by atoms with Crippen molar-refractivity contribution in [1.29, 1.82) is 0 Å². The monoisotopic (exact) mass is 307 g/mol. The third kappa shape index (κ3) is 4.73. The molecule has 1 amide bonds. The van der Waals surface area contributed by atoms with Crippen LogP contribution in [0.4, 0.5) is 4.79 Å². The van der Waals surface area contributed by atoms with Crippen molar-refractivity contribution < 1.29 is 24.2 Å². The molecule has 1 aliphatic rings. The van der Waals surface area contributed by atoms with Gasteiger partial charge in [-0.3, -0.25) is 4.79 Å². The van der Waals surface area contributed by atoms with Gasteiger partial charge < -0.3 is 19.5 Å². The first-order valence-corrected chi connectivity index (χ1v) is 7.35. The first-order chi connectivity index (χ1) is 10.6. The Hall–Kier alpha value is -2.08. The predicted molar refractivity (Wildman–Crippen MR) is 79.4 cm³/mol. The molecule has 120 valence electrons. The fraction of sp³-hybridized carbons (Fsp3) is 0.500. The lowest BCUT2D eigenvalue weighted by molar-refractivity contribution is -0.140. The zero-order valence-electron chi connectivity index (χ0n) is 12.6. The zero-order valence-corrected chi connectivity index (χ0v) is 12.6. The average molecular weight is 307 g/mol. The van der Waals surface area contributed by atoms with Crippen LogP contribution >= 0.6 is 0 Å². The molecule has 0 aromatic heterocycles. The number of aliphatic carboxylic acids is 1. The van der Waals surface area contributed by atoms with Gasteiger partial charge in [-0.25, -0.2) is 4.79 Å². The number of amides is 1. The summed E-state index contributed by atoms with van der Waals surface area (Å²) in [4.78, 5) is 24.4. The number of hydrogen-bond acceptors (Lipinski definition) is 4. The molecule has 1 aromatic carbocycles. The number of carbonyl (C=O) groups is 2. The molecule has 1 unspecified atom stereocenters. The number of hydrogen-bond donors (Lipinski definition) is 1. The summed E-state index contributed by atoms with van der Waals surface area (Å²) in [5, 5.41) is 8.84. The second kappa shape index (κ2) is 7.79. The van der Waals surface area contributed by atoms with Crippen LogP contribution in [0.15, 0.2) is 30.3 Å². The van der Waals surface area contributed by atoms with Gasteiger partial charge >= 0.3 is 12.1 Å². The van der Waals surface area contributed by atoms with Gasteiger partial charge in [-0.05, 0) is 11.5 Å². The highest BCUT2D eigenvalue weighted by atomic mass is 16.6. The van der Waals surface area contributed by atoms with E-state index in [2.05, 4.69) is 0 Å². The minimum Gasteiger partial charge on any atom is -0.481 e. The molecule has 0 bridgehead atoms. The molecule has 1 N–H and O–H groups in total. The predicted octanol–water partition coefficient (Wildman–Crippen LogP) is 2.13. The van der Waals surface area contributed by atoms with E-state index in [1.807, 2.05) is 37.3 Å². The topological polar surface area (TPSA) is 76.1 Å². The first kappa shape index (κ1) is 16.3. The number of morpholine rings is 1. The number of rotatable bonds is 5. The Labute approximate surface area is 129 Å². The van der Waals surface area contributed by atoms with Crippen LogP contribution < -0.4 is 0 Å². The van der Waals surface area contributed by atoms with Gasteiger partial charge in [0.2, 0.25) is 0 Å². The average Bonchev–Trinajstić information content (AvgIpc) is 2.53. The van der Waals surface area contributed by atoms with Crippen molar-refractivity contribution in [1.82, 2.24) is 4.90 Å². The van der Waals surface area contributed by atoms with E-state index in [9.17, 15) is 9.59 Å². The van der Waals surface area contributed by atoms with Crippen LogP contribution in [0.3, 0.4) is 0 Å². The maximum atomic E-state index is 12.1. The Morgan fingerprint density at radius 2 is 2.14 bits per heavy atom. The molecular formula is C16H21NO5. The fourth-order valence-corrected chi connectivity index (χ4v) is 2.40. The van der Waals surface area contributed by atoms with Crippen LogP contribution in [0.1, 0.15) is 18.9 Å². The minimum absolute atomic E-state index is 0.0254. The normalized spacial score (nSPS) is 19.5. The quantitative estimate of drug-likeness (QED) is 0.902. The largest absolute Gasteiger partial charge is 0.481 e. The second-order valence-electron chi connectivity index (χ2n) is 5.47. The molecule has 6 heteroatoms. The number of carboxylic acid groups (broad SMARTS) is 1. The molecule has 22 heavy (non-hydrogen) atoms. The maximum absolute atomic E-state index is 12.1. The van der Waals surface area contributed by atoms with Crippen LogP contribution in [-0.2, 0) is 20.9 Å². The number of benzene rings is 1. The lowest BCUT2D eigenvalue weighted by Crippen LogP contribution is -2.48. The summed E-state index contributed by atoms with van der Waals surface area (Å²) < 4.78 is 10.9. The van der Waals surface area contributed by atoms with Crippen LogP contribution in [-0.4, -0.2) is 47.9 Å². The number of carbonyl (C=O) groups excluding carboxylic acids is 1. The Balaban J connectivity index is 1.83. The van der Waals surface area contributed by atoms with E-state index in [0.717, 1.165) is 5.56 Å². The van der Waals surface area contributed by atoms with Gasteiger partial charge in [-0.15, -0.1) is 0 Å². The van der Waals surface area contributed by atoms with E-state index >= 15 is 0 Å². The molecule has 0 aliphatic carbocycles. The van der Waals surface area contributed by atoms with E-state index in [1.165, 1.54) is 0 Å². The summed E-state index contributed by atoms with van der Waals surface area (Å²) in [6.07, 6.45) is -0.633. The zero-order chi connectivity index (χ0) is 15.9. The van der Waals surface area contributed by atoms with E-state index in [0.29, 0.717) is 19.7 Å². The van der Waals surface area contributed by atoms with Gasteiger partial charge in [-0.2, -0.15) is 0 Å². The van der Waals surface area contributed by atoms with Crippen LogP contribution in [0.25, 0.3) is 0 Å². The summed E-state index contributed by atoms with van der Waals surface area (Å²) in [5.74, 6) is -1.01. The van der Waals surface area contributed by atoms with Crippen LogP contribution in [0.2, 0.25) is 0 Å². The summed E-state index contributed by atoms with van der Waals surface area (Å²) >= 11 is 0. The molecule has 6 nitrogen and oxygen atoms in total. The molecule has 1 saturated heterocycles. The van der Waals surface area contributed by atoms with E-state index in [4.69, 9.17) is 14.6 Å². The van der Waals surface area contributed by atoms with Crippen molar-refractivity contribution in [2.75, 3.05) is 19.7 Å². The SMILES string of the molecule is CC(CC(=O)O)[C@@H]1CN(C(=O)OCc2ccccc2)CCO1. The molecule has 1 heterocycles. The fourth-order valence-electron chi connectivity index (χ4n) is 2.40. The highest BCUT2D eigenvalue weighted by Gasteiger charge is 2.29. The Morgan fingerprint density at radius 3 is 2.82 bits per heavy atom. The number of ether oxygens (including phenoxy) is 2. The third-order valence-corrected chi connectivity index (χ3v) is 3.69. The van der Waals surface area contributed by atoms with Crippen molar-refractivity contribution in [3.8, 4) is 0 Å². The maximum Gasteiger partial charge on any atom is 0.410 e. The van der Waals surface area contributed by atoms with Crippen molar-refractivity contribution in [2.45, 2.75) is 26.1 Å². The van der Waals surface area contributed by atoms with Gasteiger partial charge in [0, 0.05) is 6.54 Å². The molecule has 0 spiro atoms. The van der Waals surface area contributed by atoms with Gasteiger partial charge in [0.25, 0.3) is 0 Å². The standard InChI is InChI=1S/C16H21NO5/c1-12(9-15(18)19)14-10-17(7-8-21-14)16(20)22-11-13-5-3-2-4-6-13/h2-6,12,14H,7-11H2,1H3,(H,18,19)/t12?,14-/m0/s1. The lowest BCUT2D eigenvalue weighted by Gasteiger charge is -2.34. The molecule has 1 aliphatic heterocycles. The Morgan fingerprint density at radius 1 is 1.41 bits per heavy atom. The molecule has 0 saturated carbocycles. The Kier molecular flexibility index (Phi) is 5.77. The number of carboxylic acids is 1. The summed E-state index contributed by atoms with van der Waals surface area (Å²) in [7, 11) is 0. The third-order valence-electron chi connectivity index (χ3n) is 3.69. The number of nitrogens with zero attached hydrogens (tertiary/aromatic N) is 1. The first-order valence-electron chi connectivity index (χ1n) is 7.35. The van der Waals surface area contributed by atoms with Crippen LogP contribution in [0.5, 0.6) is 0 Å². The molecule has 0 radical (unpaired) electrons. The second-order valence-corrected chi connectivity index (χ2v) is 5.47. The highest BCUT2D eigenvalue weighted by Crippen LogP contribution is 2.18. The van der Waals surface area contributed by atoms with E-state index < -0.39 is 5.97 Å². The lowest BCUT2D eigenvalue weighted by atomic mass is 9.99. The van der Waals surface area contributed by atoms with Gasteiger partial charge in [-0.1, -0.05) is 37.3 Å². The van der Waals surface area contributed by atoms with Gasteiger partial charge in [0.05, 0.1) is 25.7 Å². The summed E-state index contributed by atoms with van der Waals surface area (Å²) in [6.45, 7) is 3.27.